The Balaban J connectivity index is 1.30. The third-order valence-corrected chi connectivity index (χ3v) is 5.56. The number of unbranched alkanes of at least 4 members (excludes halogenated alkanes) is 1. The number of carbonyl (C=O) groups excluding carboxylic acids is 1. The molecule has 1 amide bonds. The summed E-state index contributed by atoms with van der Waals surface area (Å²) in [4.78, 5) is 15.3. The number of anilines is 1. The van der Waals surface area contributed by atoms with Gasteiger partial charge in [0.05, 0.1) is 12.3 Å². The number of para-hydroxylation sites is 1. The van der Waals surface area contributed by atoms with E-state index in [2.05, 4.69) is 27.9 Å². The number of nitrogens with one attached hydrogen (secondary N) is 2. The zero-order chi connectivity index (χ0) is 18.4. The normalized spacial score (nSPS) is 15.6. The molecular formula is C19H22ClN3O2S. The van der Waals surface area contributed by atoms with Gasteiger partial charge < -0.3 is 9.64 Å². The van der Waals surface area contributed by atoms with Crippen LogP contribution < -0.4 is 20.5 Å². The maximum absolute atomic E-state index is 12.0. The number of hydrogen-bond acceptors (Lipinski definition) is 5. The first-order chi connectivity index (χ1) is 12.6. The Bertz CT molecular complexity index is 742. The van der Waals surface area contributed by atoms with Gasteiger partial charge >= 0.3 is 0 Å². The molecule has 0 aliphatic carbocycles. The lowest BCUT2D eigenvalue weighted by atomic mass is 10.2. The van der Waals surface area contributed by atoms with Crippen LogP contribution in [-0.4, -0.2) is 25.1 Å². The van der Waals surface area contributed by atoms with Gasteiger partial charge in [0.25, 0.3) is 0 Å². The number of ether oxygens (including phenoxy) is 1. The summed E-state index contributed by atoms with van der Waals surface area (Å²) < 4.78 is 5.62. The van der Waals surface area contributed by atoms with Crippen molar-refractivity contribution in [2.24, 2.45) is 0 Å². The van der Waals surface area contributed by atoms with Crippen LogP contribution in [0.3, 0.4) is 0 Å². The van der Waals surface area contributed by atoms with Crippen molar-refractivity contribution in [2.75, 3.05) is 18.6 Å². The van der Waals surface area contributed by atoms with Crippen molar-refractivity contribution < 1.29 is 9.53 Å². The second kappa shape index (κ2) is 9.16. The maximum Gasteiger partial charge on any atom is 0.234 e. The fraction of sp³-hybridized carbons (Fsp3) is 0.316. The number of thioether (sulfide) groups is 1. The van der Waals surface area contributed by atoms with Crippen LogP contribution in [0.5, 0.6) is 5.75 Å². The maximum atomic E-state index is 12.0. The van der Waals surface area contributed by atoms with Gasteiger partial charge in [-0.25, -0.2) is 5.43 Å². The highest BCUT2D eigenvalue weighted by Gasteiger charge is 2.26. The monoisotopic (exact) mass is 391 g/mol. The standard InChI is InChI=1S/C19H22ClN3O2S/c1-23-16-6-2-3-7-17(16)26-19(23)22-21-18(24)8-4-5-13-25-15-11-9-14(20)10-12-15/h2-3,6-7,9-12,19,22H,4-5,8,13H2,1H3,(H,21,24). The lowest BCUT2D eigenvalue weighted by molar-refractivity contribution is -0.122. The van der Waals surface area contributed by atoms with Gasteiger partial charge in [-0.2, -0.15) is 0 Å². The third-order valence-electron chi connectivity index (χ3n) is 4.05. The Morgan fingerprint density at radius 1 is 1.19 bits per heavy atom. The SMILES string of the molecule is CN1c2ccccc2SC1NNC(=O)CCCCOc1ccc(Cl)cc1. The molecular weight excluding hydrogens is 370 g/mol. The van der Waals surface area contributed by atoms with Crippen molar-refractivity contribution in [3.63, 3.8) is 0 Å². The molecule has 2 aromatic rings. The van der Waals surface area contributed by atoms with E-state index in [0.29, 0.717) is 18.1 Å². The predicted octanol–water partition coefficient (Wildman–Crippen LogP) is 4.04. The first-order valence-electron chi connectivity index (χ1n) is 8.55. The first kappa shape index (κ1) is 18.9. The highest BCUT2D eigenvalue weighted by Crippen LogP contribution is 2.40. The summed E-state index contributed by atoms with van der Waals surface area (Å²) >= 11 is 7.52. The summed E-state index contributed by atoms with van der Waals surface area (Å²) in [5, 5.41) is 0.690. The Kier molecular flexibility index (Phi) is 6.66. The number of amides is 1. The molecule has 26 heavy (non-hydrogen) atoms. The van der Waals surface area contributed by atoms with E-state index < -0.39 is 0 Å². The van der Waals surface area contributed by atoms with Crippen molar-refractivity contribution in [2.45, 2.75) is 29.7 Å². The van der Waals surface area contributed by atoms with Gasteiger partial charge in [-0.05, 0) is 49.2 Å². The average molecular weight is 392 g/mol. The van der Waals surface area contributed by atoms with Crippen LogP contribution in [0.4, 0.5) is 5.69 Å². The molecule has 1 aliphatic rings. The summed E-state index contributed by atoms with van der Waals surface area (Å²) in [5.41, 5.74) is 7.07. The number of rotatable bonds is 8. The number of benzene rings is 2. The molecule has 0 saturated heterocycles. The number of hydrazine groups is 1. The zero-order valence-electron chi connectivity index (χ0n) is 14.6. The number of hydrogen-bond donors (Lipinski definition) is 2. The quantitative estimate of drug-likeness (QED) is 0.525. The van der Waals surface area contributed by atoms with Crippen LogP contribution in [-0.2, 0) is 4.79 Å². The van der Waals surface area contributed by atoms with E-state index in [1.807, 2.05) is 31.3 Å². The summed E-state index contributed by atoms with van der Waals surface area (Å²) in [7, 11) is 2.01. The van der Waals surface area contributed by atoms with Gasteiger partial charge in [-0.1, -0.05) is 35.5 Å². The minimum Gasteiger partial charge on any atom is -0.494 e. The predicted molar refractivity (Wildman–Crippen MR) is 107 cm³/mol. The van der Waals surface area contributed by atoms with E-state index in [1.54, 1.807) is 23.9 Å². The summed E-state index contributed by atoms with van der Waals surface area (Å²) in [6.07, 6.45) is 2.06. The van der Waals surface area contributed by atoms with Crippen molar-refractivity contribution in [3.05, 3.63) is 53.6 Å². The molecule has 1 unspecified atom stereocenters. The number of halogens is 1. The summed E-state index contributed by atoms with van der Waals surface area (Å²) in [6, 6.07) is 15.5. The molecule has 1 atom stereocenters. The Morgan fingerprint density at radius 3 is 2.73 bits per heavy atom. The zero-order valence-corrected chi connectivity index (χ0v) is 16.1. The second-order valence-corrected chi connectivity index (χ2v) is 7.56. The molecule has 3 rings (SSSR count). The van der Waals surface area contributed by atoms with Gasteiger partial charge in [-0.3, -0.25) is 10.2 Å². The molecule has 0 bridgehead atoms. The minimum atomic E-state index is -0.0125. The molecule has 0 aromatic heterocycles. The number of nitrogens with zero attached hydrogens (tertiary/aromatic N) is 1. The molecule has 2 aromatic carbocycles. The second-order valence-electron chi connectivity index (χ2n) is 6.00. The van der Waals surface area contributed by atoms with Crippen molar-refractivity contribution >= 4 is 35.0 Å². The van der Waals surface area contributed by atoms with E-state index in [-0.39, 0.29) is 11.4 Å². The summed E-state index contributed by atoms with van der Waals surface area (Å²) in [5.74, 6) is 0.780. The van der Waals surface area contributed by atoms with Crippen molar-refractivity contribution in [3.8, 4) is 5.75 Å². The van der Waals surface area contributed by atoms with Crippen molar-refractivity contribution in [1.29, 1.82) is 0 Å². The highest BCUT2D eigenvalue weighted by atomic mass is 35.5. The molecule has 1 heterocycles. The molecule has 138 valence electrons. The van der Waals surface area contributed by atoms with Gasteiger partial charge in [0.1, 0.15) is 11.2 Å². The molecule has 0 spiro atoms. The van der Waals surface area contributed by atoms with E-state index in [9.17, 15) is 4.79 Å². The molecule has 7 heteroatoms. The van der Waals surface area contributed by atoms with Gasteiger partial charge in [0.2, 0.25) is 5.91 Å². The van der Waals surface area contributed by atoms with Gasteiger partial charge in [0.15, 0.2) is 0 Å². The number of fused-ring (bicyclic) bond motifs is 1. The molecule has 5 nitrogen and oxygen atoms in total. The van der Waals surface area contributed by atoms with Crippen molar-refractivity contribution in [1.82, 2.24) is 10.9 Å². The van der Waals surface area contributed by atoms with Crippen LogP contribution in [0.25, 0.3) is 0 Å². The Hall–Kier alpha value is -1.89. The minimum absolute atomic E-state index is 0.00425. The fourth-order valence-corrected chi connectivity index (χ4v) is 3.86. The Labute approximate surface area is 163 Å². The number of carbonyl (C=O) groups is 1. The molecule has 1 aliphatic heterocycles. The van der Waals surface area contributed by atoms with Crippen LogP contribution in [0.1, 0.15) is 19.3 Å². The van der Waals surface area contributed by atoms with Gasteiger partial charge in [0, 0.05) is 23.4 Å². The van der Waals surface area contributed by atoms with Crippen LogP contribution >= 0.6 is 23.4 Å². The van der Waals surface area contributed by atoms with E-state index >= 15 is 0 Å². The molecule has 0 radical (unpaired) electrons. The molecule has 2 N–H and O–H groups in total. The van der Waals surface area contributed by atoms with Crippen LogP contribution in [0.15, 0.2) is 53.4 Å². The van der Waals surface area contributed by atoms with E-state index in [1.165, 1.54) is 10.6 Å². The lowest BCUT2D eigenvalue weighted by Gasteiger charge is -2.22. The Morgan fingerprint density at radius 2 is 1.96 bits per heavy atom. The fourth-order valence-electron chi connectivity index (χ4n) is 2.61. The highest BCUT2D eigenvalue weighted by molar-refractivity contribution is 8.00. The van der Waals surface area contributed by atoms with E-state index in [0.717, 1.165) is 18.6 Å². The van der Waals surface area contributed by atoms with E-state index in [4.69, 9.17) is 16.3 Å². The van der Waals surface area contributed by atoms with Crippen LogP contribution in [0, 0.1) is 0 Å². The third kappa shape index (κ3) is 5.06. The largest absolute Gasteiger partial charge is 0.494 e. The smallest absolute Gasteiger partial charge is 0.234 e. The first-order valence-corrected chi connectivity index (χ1v) is 9.80. The van der Waals surface area contributed by atoms with Crippen LogP contribution in [0.2, 0.25) is 5.02 Å². The summed E-state index contributed by atoms with van der Waals surface area (Å²) in [6.45, 7) is 0.582. The molecule has 0 saturated carbocycles. The average Bonchev–Trinajstić information content (AvgIpc) is 2.97. The molecule has 0 fully saturated rings. The lowest BCUT2D eigenvalue weighted by Crippen LogP contribution is -2.48. The topological polar surface area (TPSA) is 53.6 Å². The van der Waals surface area contributed by atoms with Gasteiger partial charge in [-0.15, -0.1) is 0 Å².